The molecular formula is C18H20Br2O5. The van der Waals surface area contributed by atoms with Gasteiger partial charge < -0.3 is 24.4 Å². The molecule has 0 aliphatic carbocycles. The Bertz CT molecular complexity index is 563. The first-order valence-corrected chi connectivity index (χ1v) is 9.96. The van der Waals surface area contributed by atoms with Crippen LogP contribution in [-0.4, -0.2) is 46.3 Å². The van der Waals surface area contributed by atoms with Crippen LogP contribution >= 0.6 is 31.9 Å². The average Bonchev–Trinajstić information content (AvgIpc) is 2.66. The van der Waals surface area contributed by atoms with Gasteiger partial charge in [-0.25, -0.2) is 0 Å². The molecule has 0 spiro atoms. The lowest BCUT2D eigenvalue weighted by atomic mass is 10.3. The second-order valence-electron chi connectivity index (χ2n) is 5.28. The summed E-state index contributed by atoms with van der Waals surface area (Å²) in [6.45, 7) is 0.466. The van der Waals surface area contributed by atoms with E-state index in [1.54, 1.807) is 48.5 Å². The van der Waals surface area contributed by atoms with E-state index in [1.165, 1.54) is 0 Å². The van der Waals surface area contributed by atoms with Crippen molar-refractivity contribution in [3.63, 3.8) is 0 Å². The number of hydrogen-bond acceptors (Lipinski definition) is 5. The predicted molar refractivity (Wildman–Crippen MR) is 104 cm³/mol. The quantitative estimate of drug-likeness (QED) is 0.512. The minimum absolute atomic E-state index is 0.233. The standard InChI is InChI=1S/C18H20Br2O5/c19-9-13(21)11-23-15-1-5-17(6-2-15)25-18-7-3-16(4-8-18)24-12-14(22)10-20/h1-8,13-14,21-22H,9-12H2. The first kappa shape index (κ1) is 20.0. The number of alkyl halides is 2. The summed E-state index contributed by atoms with van der Waals surface area (Å²) in [5.74, 6) is 2.69. The number of hydrogen-bond donors (Lipinski definition) is 2. The molecule has 5 nitrogen and oxygen atoms in total. The first-order valence-electron chi connectivity index (χ1n) is 7.72. The van der Waals surface area contributed by atoms with Crippen LogP contribution in [0.4, 0.5) is 0 Å². The van der Waals surface area contributed by atoms with Gasteiger partial charge in [-0.3, -0.25) is 0 Å². The molecule has 0 saturated carbocycles. The van der Waals surface area contributed by atoms with E-state index in [-0.39, 0.29) is 13.2 Å². The maximum atomic E-state index is 9.45. The van der Waals surface area contributed by atoms with Crippen LogP contribution in [0.25, 0.3) is 0 Å². The monoisotopic (exact) mass is 474 g/mol. The molecule has 0 amide bonds. The van der Waals surface area contributed by atoms with Crippen molar-refractivity contribution in [2.75, 3.05) is 23.9 Å². The van der Waals surface area contributed by atoms with E-state index >= 15 is 0 Å². The van der Waals surface area contributed by atoms with Crippen LogP contribution in [0.3, 0.4) is 0 Å². The summed E-state index contributed by atoms with van der Waals surface area (Å²) < 4.78 is 16.7. The number of aliphatic hydroxyl groups is 2. The number of halogens is 2. The Hall–Kier alpha value is -1.28. The molecule has 2 aromatic carbocycles. The third kappa shape index (κ3) is 7.23. The molecular weight excluding hydrogens is 456 g/mol. The summed E-state index contributed by atoms with van der Waals surface area (Å²) in [7, 11) is 0. The summed E-state index contributed by atoms with van der Waals surface area (Å²) >= 11 is 6.38. The van der Waals surface area contributed by atoms with Crippen LogP contribution in [0.2, 0.25) is 0 Å². The zero-order valence-electron chi connectivity index (χ0n) is 13.5. The van der Waals surface area contributed by atoms with Crippen molar-refractivity contribution < 1.29 is 24.4 Å². The third-order valence-corrected chi connectivity index (χ3v) is 4.62. The summed E-state index contributed by atoms with van der Waals surface area (Å²) in [6, 6.07) is 14.3. The molecule has 7 heteroatoms. The predicted octanol–water partition coefficient (Wildman–Crippen LogP) is 3.75. The van der Waals surface area contributed by atoms with Gasteiger partial charge in [0.2, 0.25) is 0 Å². The topological polar surface area (TPSA) is 68.2 Å². The number of ether oxygens (including phenoxy) is 3. The van der Waals surface area contributed by atoms with E-state index in [0.717, 1.165) is 0 Å². The highest BCUT2D eigenvalue weighted by molar-refractivity contribution is 9.09. The molecule has 0 heterocycles. The zero-order valence-corrected chi connectivity index (χ0v) is 16.6. The molecule has 0 aliphatic heterocycles. The number of benzene rings is 2. The summed E-state index contributed by atoms with van der Waals surface area (Å²) in [5, 5.41) is 19.9. The van der Waals surface area contributed by atoms with Gasteiger partial charge in [-0.1, -0.05) is 31.9 Å². The van der Waals surface area contributed by atoms with Gasteiger partial charge in [0.05, 0.1) is 12.2 Å². The van der Waals surface area contributed by atoms with Crippen LogP contribution < -0.4 is 14.2 Å². The molecule has 2 aromatic rings. The average molecular weight is 476 g/mol. The van der Waals surface area contributed by atoms with Crippen molar-refractivity contribution >= 4 is 31.9 Å². The van der Waals surface area contributed by atoms with Crippen molar-refractivity contribution in [3.8, 4) is 23.0 Å². The second kappa shape index (κ2) is 10.7. The van der Waals surface area contributed by atoms with Crippen LogP contribution in [0.1, 0.15) is 0 Å². The van der Waals surface area contributed by atoms with Crippen molar-refractivity contribution in [2.45, 2.75) is 12.2 Å². The Morgan fingerprint density at radius 2 is 0.960 bits per heavy atom. The molecule has 2 unspecified atom stereocenters. The largest absolute Gasteiger partial charge is 0.491 e. The first-order chi connectivity index (χ1) is 12.1. The molecule has 25 heavy (non-hydrogen) atoms. The van der Waals surface area contributed by atoms with E-state index in [9.17, 15) is 10.2 Å². The molecule has 136 valence electrons. The molecule has 0 bridgehead atoms. The van der Waals surface area contributed by atoms with Crippen molar-refractivity contribution in [1.29, 1.82) is 0 Å². The Kier molecular flexibility index (Phi) is 8.54. The van der Waals surface area contributed by atoms with Gasteiger partial charge in [-0.05, 0) is 48.5 Å². The van der Waals surface area contributed by atoms with Crippen molar-refractivity contribution in [3.05, 3.63) is 48.5 Å². The van der Waals surface area contributed by atoms with Gasteiger partial charge in [0, 0.05) is 10.7 Å². The molecule has 0 fully saturated rings. The fraction of sp³-hybridized carbons (Fsp3) is 0.333. The zero-order chi connectivity index (χ0) is 18.1. The molecule has 0 aliphatic rings. The Morgan fingerprint density at radius 1 is 0.640 bits per heavy atom. The lowest BCUT2D eigenvalue weighted by Gasteiger charge is -2.12. The van der Waals surface area contributed by atoms with E-state index in [4.69, 9.17) is 14.2 Å². The van der Waals surface area contributed by atoms with Crippen LogP contribution in [0.5, 0.6) is 23.0 Å². The van der Waals surface area contributed by atoms with Gasteiger partial charge in [-0.2, -0.15) is 0 Å². The molecule has 2 N–H and O–H groups in total. The van der Waals surface area contributed by atoms with Crippen LogP contribution in [-0.2, 0) is 0 Å². The molecule has 0 aromatic heterocycles. The summed E-state index contributed by atoms with van der Waals surface area (Å²) in [4.78, 5) is 0. The Morgan fingerprint density at radius 3 is 1.28 bits per heavy atom. The summed E-state index contributed by atoms with van der Waals surface area (Å²) in [5.41, 5.74) is 0. The highest BCUT2D eigenvalue weighted by Gasteiger charge is 2.05. The fourth-order valence-electron chi connectivity index (χ4n) is 1.82. The molecule has 2 rings (SSSR count). The van der Waals surface area contributed by atoms with Gasteiger partial charge in [-0.15, -0.1) is 0 Å². The van der Waals surface area contributed by atoms with E-state index in [1.807, 2.05) is 0 Å². The summed E-state index contributed by atoms with van der Waals surface area (Å²) in [6.07, 6.45) is -1.07. The van der Waals surface area contributed by atoms with Crippen LogP contribution in [0, 0.1) is 0 Å². The lowest BCUT2D eigenvalue weighted by molar-refractivity contribution is 0.127. The minimum Gasteiger partial charge on any atom is -0.491 e. The van der Waals surface area contributed by atoms with E-state index < -0.39 is 12.2 Å². The Labute approximate surface area is 163 Å². The Balaban J connectivity index is 1.85. The smallest absolute Gasteiger partial charge is 0.127 e. The maximum absolute atomic E-state index is 9.45. The van der Waals surface area contributed by atoms with Crippen LogP contribution in [0.15, 0.2) is 48.5 Å². The van der Waals surface area contributed by atoms with Crippen molar-refractivity contribution in [1.82, 2.24) is 0 Å². The minimum atomic E-state index is -0.535. The SMILES string of the molecule is OC(CBr)COc1ccc(Oc2ccc(OCC(O)CBr)cc2)cc1. The highest BCUT2D eigenvalue weighted by atomic mass is 79.9. The highest BCUT2D eigenvalue weighted by Crippen LogP contribution is 2.25. The second-order valence-corrected chi connectivity index (χ2v) is 6.58. The normalized spacial score (nSPS) is 13.1. The number of rotatable bonds is 10. The van der Waals surface area contributed by atoms with E-state index in [2.05, 4.69) is 31.9 Å². The van der Waals surface area contributed by atoms with Gasteiger partial charge >= 0.3 is 0 Å². The lowest BCUT2D eigenvalue weighted by Crippen LogP contribution is -2.18. The maximum Gasteiger partial charge on any atom is 0.127 e. The third-order valence-electron chi connectivity index (χ3n) is 3.12. The fourth-order valence-corrected chi connectivity index (χ4v) is 2.19. The molecule has 0 radical (unpaired) electrons. The number of aliphatic hydroxyl groups excluding tert-OH is 2. The van der Waals surface area contributed by atoms with Gasteiger partial charge in [0.25, 0.3) is 0 Å². The molecule has 0 saturated heterocycles. The van der Waals surface area contributed by atoms with Crippen molar-refractivity contribution in [2.24, 2.45) is 0 Å². The van der Waals surface area contributed by atoms with Gasteiger partial charge in [0.15, 0.2) is 0 Å². The molecule has 2 atom stereocenters. The van der Waals surface area contributed by atoms with Gasteiger partial charge in [0.1, 0.15) is 36.2 Å². The van der Waals surface area contributed by atoms with E-state index in [0.29, 0.717) is 33.7 Å².